The average Bonchev–Trinajstić information content (AvgIpc) is 2.20. The van der Waals surface area contributed by atoms with Gasteiger partial charge in [0.1, 0.15) is 0 Å². The number of non-ortho nitro benzene ring substituents is 1. The highest BCUT2D eigenvalue weighted by atomic mass is 35.5. The van der Waals surface area contributed by atoms with Crippen LogP contribution in [0, 0.1) is 22.0 Å². The van der Waals surface area contributed by atoms with Crippen LogP contribution in [0.5, 0.6) is 0 Å². The number of hydrogen-bond acceptors (Lipinski definition) is 3. The van der Waals surface area contributed by atoms with E-state index in [9.17, 15) is 10.1 Å². The van der Waals surface area contributed by atoms with E-state index in [1.54, 1.807) is 13.0 Å². The third kappa shape index (κ3) is 3.15. The molecule has 0 unspecified atom stereocenters. The number of halogens is 1. The van der Waals surface area contributed by atoms with Crippen molar-refractivity contribution in [3.05, 3.63) is 33.3 Å². The lowest BCUT2D eigenvalue weighted by Crippen LogP contribution is -1.99. The van der Waals surface area contributed by atoms with Crippen LogP contribution in [0.2, 0.25) is 5.02 Å². The quantitative estimate of drug-likeness (QED) is 0.488. The van der Waals surface area contributed by atoms with Crippen LogP contribution in [0.15, 0.2) is 18.2 Å². The molecule has 0 aliphatic heterocycles. The van der Waals surface area contributed by atoms with E-state index >= 15 is 0 Å². The fourth-order valence-electron chi connectivity index (χ4n) is 0.989. The zero-order valence-electron chi connectivity index (χ0n) is 8.08. The van der Waals surface area contributed by atoms with Crippen molar-refractivity contribution in [1.29, 1.82) is 0 Å². The highest BCUT2D eigenvalue weighted by Crippen LogP contribution is 2.26. The van der Waals surface area contributed by atoms with Gasteiger partial charge in [0.25, 0.3) is 5.69 Å². The fourth-order valence-corrected chi connectivity index (χ4v) is 1.23. The van der Waals surface area contributed by atoms with Crippen molar-refractivity contribution in [2.45, 2.75) is 6.92 Å². The Morgan fingerprint density at radius 3 is 2.87 bits per heavy atom. The van der Waals surface area contributed by atoms with Gasteiger partial charge in [-0.2, -0.15) is 0 Å². The summed E-state index contributed by atoms with van der Waals surface area (Å²) in [7, 11) is 0. The van der Waals surface area contributed by atoms with Crippen LogP contribution in [0.3, 0.4) is 0 Å². The van der Waals surface area contributed by atoms with Crippen molar-refractivity contribution in [3.8, 4) is 11.8 Å². The molecule has 1 aromatic carbocycles. The second-order valence-corrected chi connectivity index (χ2v) is 3.11. The van der Waals surface area contributed by atoms with Gasteiger partial charge in [0.15, 0.2) is 0 Å². The smallest absolute Gasteiger partial charge is 0.271 e. The molecule has 1 N–H and O–H groups in total. The number of hydrogen-bond donors (Lipinski definition) is 1. The topological polar surface area (TPSA) is 55.2 Å². The van der Waals surface area contributed by atoms with E-state index < -0.39 is 4.92 Å². The van der Waals surface area contributed by atoms with Gasteiger partial charge in [-0.15, -0.1) is 5.92 Å². The maximum Gasteiger partial charge on any atom is 0.271 e. The lowest BCUT2D eigenvalue weighted by molar-refractivity contribution is -0.384. The monoisotopic (exact) mass is 224 g/mol. The zero-order valence-corrected chi connectivity index (χ0v) is 8.84. The summed E-state index contributed by atoms with van der Waals surface area (Å²) in [5, 5.41) is 13.7. The molecule has 0 spiro atoms. The minimum Gasteiger partial charge on any atom is -0.373 e. The first-order chi connectivity index (χ1) is 7.15. The molecule has 0 heterocycles. The van der Waals surface area contributed by atoms with Gasteiger partial charge in [-0.3, -0.25) is 10.1 Å². The fraction of sp³-hybridized carbons (Fsp3) is 0.200. The lowest BCUT2D eigenvalue weighted by atomic mass is 10.3. The van der Waals surface area contributed by atoms with Gasteiger partial charge in [-0.05, 0) is 13.0 Å². The Morgan fingerprint density at radius 1 is 1.60 bits per heavy atom. The normalized spacial score (nSPS) is 8.93. The minimum absolute atomic E-state index is 0.0212. The Kier molecular flexibility index (Phi) is 3.95. The molecule has 0 radical (unpaired) electrons. The first-order valence-corrected chi connectivity index (χ1v) is 4.60. The van der Waals surface area contributed by atoms with E-state index in [2.05, 4.69) is 17.2 Å². The molecule has 0 saturated heterocycles. The van der Waals surface area contributed by atoms with Crippen LogP contribution in [0.4, 0.5) is 11.4 Å². The number of benzene rings is 1. The molecule has 0 amide bonds. The van der Waals surface area contributed by atoms with Crippen molar-refractivity contribution in [3.63, 3.8) is 0 Å². The van der Waals surface area contributed by atoms with Crippen molar-refractivity contribution >= 4 is 23.0 Å². The van der Waals surface area contributed by atoms with Crippen LogP contribution in [0.1, 0.15) is 6.92 Å². The largest absolute Gasteiger partial charge is 0.373 e. The Hall–Kier alpha value is -1.73. The van der Waals surface area contributed by atoms with Crippen LogP contribution in [-0.2, 0) is 0 Å². The van der Waals surface area contributed by atoms with E-state index in [4.69, 9.17) is 11.6 Å². The lowest BCUT2D eigenvalue weighted by Gasteiger charge is -2.04. The molecule has 0 aromatic heterocycles. The van der Waals surface area contributed by atoms with Gasteiger partial charge in [0.05, 0.1) is 22.2 Å². The Morgan fingerprint density at radius 2 is 2.33 bits per heavy atom. The van der Waals surface area contributed by atoms with E-state index in [0.29, 0.717) is 17.3 Å². The van der Waals surface area contributed by atoms with Gasteiger partial charge < -0.3 is 5.32 Å². The Bertz CT molecular complexity index is 435. The van der Waals surface area contributed by atoms with E-state index in [1.165, 1.54) is 12.1 Å². The number of nitro benzene ring substituents is 1. The Balaban J connectivity index is 2.82. The van der Waals surface area contributed by atoms with Gasteiger partial charge in [0.2, 0.25) is 0 Å². The highest BCUT2D eigenvalue weighted by molar-refractivity contribution is 6.33. The molecule has 0 aliphatic rings. The molecular formula is C10H9ClN2O2. The number of nitrogens with one attached hydrogen (secondary N) is 1. The molecule has 5 heteroatoms. The number of rotatable bonds is 3. The van der Waals surface area contributed by atoms with Crippen molar-refractivity contribution in [2.24, 2.45) is 0 Å². The van der Waals surface area contributed by atoms with Crippen molar-refractivity contribution < 1.29 is 4.92 Å². The molecule has 15 heavy (non-hydrogen) atoms. The second-order valence-electron chi connectivity index (χ2n) is 2.70. The van der Waals surface area contributed by atoms with Crippen molar-refractivity contribution in [1.82, 2.24) is 0 Å². The average molecular weight is 225 g/mol. The van der Waals surface area contributed by atoms with Crippen molar-refractivity contribution in [2.75, 3.05) is 11.9 Å². The van der Waals surface area contributed by atoms with E-state index in [0.717, 1.165) is 0 Å². The summed E-state index contributed by atoms with van der Waals surface area (Å²) >= 11 is 5.84. The maximum absolute atomic E-state index is 10.4. The third-order valence-electron chi connectivity index (χ3n) is 1.71. The van der Waals surface area contributed by atoms with E-state index in [-0.39, 0.29) is 5.69 Å². The second kappa shape index (κ2) is 5.23. The molecule has 1 aromatic rings. The van der Waals surface area contributed by atoms with Gasteiger partial charge in [-0.25, -0.2) is 0 Å². The van der Waals surface area contributed by atoms with Gasteiger partial charge in [-0.1, -0.05) is 17.5 Å². The predicted molar refractivity (Wildman–Crippen MR) is 60.0 cm³/mol. The number of nitrogens with zero attached hydrogens (tertiary/aromatic N) is 1. The van der Waals surface area contributed by atoms with Crippen LogP contribution >= 0.6 is 11.6 Å². The SMILES string of the molecule is CC#CCNc1ccc([N+](=O)[O-])cc1Cl. The molecule has 0 atom stereocenters. The molecule has 0 fully saturated rings. The number of nitro groups is 1. The molecule has 78 valence electrons. The maximum atomic E-state index is 10.4. The van der Waals surface area contributed by atoms with Gasteiger partial charge in [0, 0.05) is 12.1 Å². The molecule has 0 bridgehead atoms. The summed E-state index contributed by atoms with van der Waals surface area (Å²) in [5.74, 6) is 5.53. The van der Waals surface area contributed by atoms with Crippen LogP contribution in [-0.4, -0.2) is 11.5 Å². The molecule has 0 aliphatic carbocycles. The number of anilines is 1. The van der Waals surface area contributed by atoms with Crippen LogP contribution < -0.4 is 5.32 Å². The summed E-state index contributed by atoms with van der Waals surface area (Å²) in [6, 6.07) is 4.27. The van der Waals surface area contributed by atoms with Crippen LogP contribution in [0.25, 0.3) is 0 Å². The first kappa shape index (κ1) is 11.3. The third-order valence-corrected chi connectivity index (χ3v) is 2.02. The standard InChI is InChI=1S/C10H9ClN2O2/c1-2-3-6-12-10-5-4-8(13(14)15)7-9(10)11/h4-5,7,12H,6H2,1H3. The van der Waals surface area contributed by atoms with Gasteiger partial charge >= 0.3 is 0 Å². The summed E-state index contributed by atoms with van der Waals surface area (Å²) in [4.78, 5) is 9.94. The minimum atomic E-state index is -0.485. The molecule has 4 nitrogen and oxygen atoms in total. The summed E-state index contributed by atoms with van der Waals surface area (Å²) in [5.41, 5.74) is 0.622. The molecule has 1 rings (SSSR count). The summed E-state index contributed by atoms with van der Waals surface area (Å²) < 4.78 is 0. The zero-order chi connectivity index (χ0) is 11.3. The predicted octanol–water partition coefficient (Wildman–Crippen LogP) is 2.68. The van der Waals surface area contributed by atoms with E-state index in [1.807, 2.05) is 0 Å². The highest BCUT2D eigenvalue weighted by Gasteiger charge is 2.08. The summed E-state index contributed by atoms with van der Waals surface area (Å²) in [6.45, 7) is 2.20. The Labute approximate surface area is 92.4 Å². The molecular weight excluding hydrogens is 216 g/mol. The first-order valence-electron chi connectivity index (χ1n) is 4.22. The molecule has 0 saturated carbocycles. The summed E-state index contributed by atoms with van der Waals surface area (Å²) in [6.07, 6.45) is 0.